The maximum atomic E-state index is 13.6. The maximum Gasteiger partial charge on any atom is 0.338 e. The number of nitrogens with one attached hydrogen (secondary N) is 1. The lowest BCUT2D eigenvalue weighted by Crippen LogP contribution is -2.18. The first-order valence-corrected chi connectivity index (χ1v) is 12.5. The molecule has 180 valence electrons. The zero-order valence-corrected chi connectivity index (χ0v) is 19.7. The molecule has 0 aliphatic carbocycles. The van der Waals surface area contributed by atoms with Crippen LogP contribution in [0.25, 0.3) is 10.9 Å². The fourth-order valence-corrected chi connectivity index (χ4v) is 5.34. The average Bonchev–Trinajstić information content (AvgIpc) is 3.19. The highest BCUT2D eigenvalue weighted by molar-refractivity contribution is 7.90. The highest BCUT2D eigenvalue weighted by Crippen LogP contribution is 2.28. The highest BCUT2D eigenvalue weighted by atomic mass is 32.2. The first-order valence-electron chi connectivity index (χ1n) is 10.9. The number of benzene rings is 3. The fraction of sp³-hybridized carbons (Fsp3) is 0.154. The highest BCUT2D eigenvalue weighted by Gasteiger charge is 2.22. The molecule has 0 aliphatic rings. The number of fused-ring (bicyclic) bond motifs is 1. The van der Waals surface area contributed by atoms with Gasteiger partial charge in [0, 0.05) is 22.8 Å². The summed E-state index contributed by atoms with van der Waals surface area (Å²) in [6.45, 7) is 1.85. The van der Waals surface area contributed by atoms with E-state index in [1.165, 1.54) is 24.4 Å². The van der Waals surface area contributed by atoms with Gasteiger partial charge >= 0.3 is 5.97 Å². The number of para-hydroxylation sites is 1. The first-order chi connectivity index (χ1) is 16.8. The van der Waals surface area contributed by atoms with E-state index in [-0.39, 0.29) is 29.7 Å². The van der Waals surface area contributed by atoms with Crippen molar-refractivity contribution < 1.29 is 27.1 Å². The van der Waals surface area contributed by atoms with Gasteiger partial charge in [0.25, 0.3) is 0 Å². The molecule has 7 nitrogen and oxygen atoms in total. The summed E-state index contributed by atoms with van der Waals surface area (Å²) >= 11 is 0. The third kappa shape index (κ3) is 5.58. The molecular weight excluding hydrogens is 471 g/mol. The molecule has 0 saturated heterocycles. The molecule has 0 aliphatic heterocycles. The molecule has 0 bridgehead atoms. The summed E-state index contributed by atoms with van der Waals surface area (Å²) in [5, 5.41) is 3.23. The van der Waals surface area contributed by atoms with Crippen LogP contribution in [0.3, 0.4) is 0 Å². The molecule has 0 saturated carbocycles. The predicted molar refractivity (Wildman–Crippen MR) is 130 cm³/mol. The topological polar surface area (TPSA) is 94.5 Å². The van der Waals surface area contributed by atoms with E-state index in [0.717, 1.165) is 0 Å². The number of ether oxygens (including phenoxy) is 1. The number of anilines is 1. The minimum atomic E-state index is -3.81. The second-order valence-electron chi connectivity index (χ2n) is 7.87. The smallest absolute Gasteiger partial charge is 0.338 e. The van der Waals surface area contributed by atoms with Gasteiger partial charge < -0.3 is 14.6 Å². The molecule has 1 aromatic heterocycles. The number of nitrogens with zero attached hydrogens (tertiary/aromatic N) is 1. The maximum absolute atomic E-state index is 13.6. The molecule has 9 heteroatoms. The molecule has 0 spiro atoms. The van der Waals surface area contributed by atoms with Crippen molar-refractivity contribution in [3.8, 4) is 0 Å². The SMILES string of the molecule is CCOC(=O)c1ccc(NC(=O)Cn2cc(S(=O)(=O)Cc3cccc(F)c3)c3ccccc32)cc1. The minimum Gasteiger partial charge on any atom is -0.462 e. The van der Waals surface area contributed by atoms with Crippen LogP contribution in [-0.2, 0) is 31.7 Å². The molecule has 4 rings (SSSR count). The van der Waals surface area contributed by atoms with E-state index in [2.05, 4.69) is 5.32 Å². The van der Waals surface area contributed by atoms with Gasteiger partial charge in [0.1, 0.15) is 12.4 Å². The molecule has 0 fully saturated rings. The van der Waals surface area contributed by atoms with Crippen LogP contribution in [0.4, 0.5) is 10.1 Å². The van der Waals surface area contributed by atoms with Gasteiger partial charge in [-0.3, -0.25) is 4.79 Å². The molecule has 1 N–H and O–H groups in total. The Bertz CT molecular complexity index is 1490. The number of amides is 1. The molecule has 35 heavy (non-hydrogen) atoms. The Morgan fingerprint density at radius 3 is 2.46 bits per heavy atom. The quantitative estimate of drug-likeness (QED) is 0.362. The fourth-order valence-electron chi connectivity index (χ4n) is 3.77. The van der Waals surface area contributed by atoms with Gasteiger partial charge in [-0.1, -0.05) is 30.3 Å². The van der Waals surface area contributed by atoms with Crippen molar-refractivity contribution >= 4 is 38.3 Å². The number of hydrogen-bond acceptors (Lipinski definition) is 5. The van der Waals surface area contributed by atoms with Crippen LogP contribution in [-0.4, -0.2) is 31.5 Å². The summed E-state index contributed by atoms with van der Waals surface area (Å²) < 4.78 is 46.4. The minimum absolute atomic E-state index is 0.0731. The normalized spacial score (nSPS) is 11.4. The second-order valence-corrected chi connectivity index (χ2v) is 9.83. The van der Waals surface area contributed by atoms with Crippen LogP contribution in [0.1, 0.15) is 22.8 Å². The van der Waals surface area contributed by atoms with Crippen molar-refractivity contribution in [2.75, 3.05) is 11.9 Å². The summed E-state index contributed by atoms with van der Waals surface area (Å²) in [5.74, 6) is -1.69. The van der Waals surface area contributed by atoms with Crippen LogP contribution in [0.2, 0.25) is 0 Å². The van der Waals surface area contributed by atoms with Crippen molar-refractivity contribution in [3.05, 3.63) is 95.9 Å². The monoisotopic (exact) mass is 494 g/mol. The summed E-state index contributed by atoms with van der Waals surface area (Å²) in [4.78, 5) is 24.6. The van der Waals surface area contributed by atoms with E-state index in [1.807, 2.05) is 0 Å². The zero-order chi connectivity index (χ0) is 25.0. The van der Waals surface area contributed by atoms with Gasteiger partial charge in [-0.25, -0.2) is 17.6 Å². The van der Waals surface area contributed by atoms with Crippen LogP contribution in [0.5, 0.6) is 0 Å². The molecule has 1 heterocycles. The second kappa shape index (κ2) is 10.1. The number of hydrogen-bond donors (Lipinski definition) is 1. The van der Waals surface area contributed by atoms with Crippen LogP contribution >= 0.6 is 0 Å². The molecule has 0 unspecified atom stereocenters. The number of carbonyl (C=O) groups excluding carboxylic acids is 2. The van der Waals surface area contributed by atoms with Gasteiger partial charge in [0.05, 0.1) is 22.8 Å². The van der Waals surface area contributed by atoms with E-state index in [9.17, 15) is 22.4 Å². The molecule has 0 atom stereocenters. The summed E-state index contributed by atoms with van der Waals surface area (Å²) in [7, 11) is -3.81. The van der Waals surface area contributed by atoms with E-state index >= 15 is 0 Å². The lowest BCUT2D eigenvalue weighted by molar-refractivity contribution is -0.116. The van der Waals surface area contributed by atoms with Crippen molar-refractivity contribution in [1.82, 2.24) is 4.57 Å². The lowest BCUT2D eigenvalue weighted by Gasteiger charge is -2.08. The van der Waals surface area contributed by atoms with Gasteiger partial charge in [-0.2, -0.15) is 0 Å². The Labute approximate surface area is 202 Å². The predicted octanol–water partition coefficient (Wildman–Crippen LogP) is 4.57. The summed E-state index contributed by atoms with van der Waals surface area (Å²) in [5.41, 5.74) is 1.77. The first kappa shape index (κ1) is 24.2. The van der Waals surface area contributed by atoms with E-state index in [0.29, 0.717) is 27.7 Å². The van der Waals surface area contributed by atoms with E-state index < -0.39 is 21.6 Å². The van der Waals surface area contributed by atoms with Crippen molar-refractivity contribution in [2.45, 2.75) is 24.1 Å². The van der Waals surface area contributed by atoms with Gasteiger partial charge in [0.2, 0.25) is 5.91 Å². The molecule has 3 aromatic carbocycles. The van der Waals surface area contributed by atoms with Crippen LogP contribution in [0, 0.1) is 5.82 Å². The Hall–Kier alpha value is -3.98. The third-order valence-electron chi connectivity index (χ3n) is 5.33. The largest absolute Gasteiger partial charge is 0.462 e. The van der Waals surface area contributed by atoms with E-state index in [1.54, 1.807) is 66.1 Å². The van der Waals surface area contributed by atoms with E-state index in [4.69, 9.17) is 4.74 Å². The van der Waals surface area contributed by atoms with Crippen LogP contribution in [0.15, 0.2) is 83.9 Å². The zero-order valence-electron chi connectivity index (χ0n) is 18.9. The van der Waals surface area contributed by atoms with Crippen LogP contribution < -0.4 is 5.32 Å². The molecule has 1 amide bonds. The van der Waals surface area contributed by atoms with Crippen molar-refractivity contribution in [3.63, 3.8) is 0 Å². The van der Waals surface area contributed by atoms with Crippen molar-refractivity contribution in [2.24, 2.45) is 0 Å². The number of carbonyl (C=O) groups is 2. The number of esters is 1. The standard InChI is InChI=1S/C26H23FN2O5S/c1-2-34-26(31)19-10-12-21(13-11-19)28-25(30)16-29-15-24(22-8-3-4-9-23(22)29)35(32,33)17-18-6-5-7-20(27)14-18/h3-15H,2,16-17H2,1H3,(H,28,30). The Kier molecular flexibility index (Phi) is 6.97. The number of aromatic nitrogens is 1. The number of rotatable bonds is 8. The van der Waals surface area contributed by atoms with Gasteiger partial charge in [0.15, 0.2) is 9.84 Å². The molecule has 0 radical (unpaired) electrons. The molecular formula is C26H23FN2O5S. The Morgan fingerprint density at radius 1 is 1.00 bits per heavy atom. The van der Waals surface area contributed by atoms with Gasteiger partial charge in [-0.05, 0) is 55.0 Å². The number of sulfone groups is 1. The molecule has 4 aromatic rings. The Morgan fingerprint density at radius 2 is 1.74 bits per heavy atom. The van der Waals surface area contributed by atoms with Gasteiger partial charge in [-0.15, -0.1) is 0 Å². The average molecular weight is 495 g/mol. The summed E-state index contributed by atoms with van der Waals surface area (Å²) in [6.07, 6.45) is 1.43. The lowest BCUT2D eigenvalue weighted by atomic mass is 10.2. The third-order valence-corrected chi connectivity index (χ3v) is 7.04. The number of halogens is 1. The van der Waals surface area contributed by atoms with Crippen molar-refractivity contribution in [1.29, 1.82) is 0 Å². The Balaban J connectivity index is 1.55. The summed E-state index contributed by atoms with van der Waals surface area (Å²) in [6, 6.07) is 18.6.